The average molecular weight is 304 g/mol. The Kier molecular flexibility index (Phi) is 5.12. The van der Waals surface area contributed by atoms with Gasteiger partial charge in [-0.25, -0.2) is 0 Å². The molecule has 1 aromatic rings. The number of carbonyl (C=O) groups excluding carboxylic acids is 1. The van der Waals surface area contributed by atoms with Gasteiger partial charge in [0.05, 0.1) is 12.5 Å². The second-order valence-corrected chi connectivity index (χ2v) is 6.35. The maximum Gasteiger partial charge on any atom is 0.227 e. The molecule has 0 spiro atoms. The molecule has 4 nitrogen and oxygen atoms in total. The fourth-order valence-electron chi connectivity index (χ4n) is 3.16. The summed E-state index contributed by atoms with van der Waals surface area (Å²) < 4.78 is 5.48. The van der Waals surface area contributed by atoms with Crippen LogP contribution in [-0.4, -0.2) is 26.1 Å². The van der Waals surface area contributed by atoms with Crippen LogP contribution in [0.2, 0.25) is 0 Å². The van der Waals surface area contributed by atoms with Crippen molar-refractivity contribution in [2.75, 3.05) is 20.2 Å². The van der Waals surface area contributed by atoms with Crippen LogP contribution in [0.5, 0.6) is 5.75 Å². The highest BCUT2D eigenvalue weighted by molar-refractivity contribution is 5.83. The van der Waals surface area contributed by atoms with Gasteiger partial charge in [-0.3, -0.25) is 4.79 Å². The molecule has 1 aromatic carbocycles. The van der Waals surface area contributed by atoms with Gasteiger partial charge in [0.1, 0.15) is 5.75 Å². The van der Waals surface area contributed by atoms with E-state index in [1.807, 2.05) is 32.0 Å². The molecule has 4 heteroatoms. The van der Waals surface area contributed by atoms with Crippen LogP contribution in [0, 0.1) is 5.41 Å². The Morgan fingerprint density at radius 1 is 1.32 bits per heavy atom. The molecule has 0 radical (unpaired) electrons. The van der Waals surface area contributed by atoms with Crippen LogP contribution in [-0.2, 0) is 10.2 Å². The van der Waals surface area contributed by atoms with Crippen molar-refractivity contribution in [3.63, 3.8) is 0 Å². The summed E-state index contributed by atoms with van der Waals surface area (Å²) in [5.74, 6) is 0.992. The molecule has 0 aliphatic heterocycles. The highest BCUT2D eigenvalue weighted by Crippen LogP contribution is 2.50. The third-order valence-corrected chi connectivity index (χ3v) is 5.35. The van der Waals surface area contributed by atoms with Crippen molar-refractivity contribution in [3.8, 4) is 5.75 Å². The lowest BCUT2D eigenvalue weighted by Crippen LogP contribution is -2.47. The summed E-state index contributed by atoms with van der Waals surface area (Å²) in [6.45, 7) is 5.12. The number of nitrogens with two attached hydrogens (primary N) is 1. The zero-order valence-electron chi connectivity index (χ0n) is 13.9. The molecule has 0 saturated heterocycles. The largest absolute Gasteiger partial charge is 0.496 e. The van der Waals surface area contributed by atoms with Crippen molar-refractivity contribution < 1.29 is 9.53 Å². The number of rotatable bonds is 8. The molecule has 122 valence electrons. The van der Waals surface area contributed by atoms with Crippen LogP contribution in [0.15, 0.2) is 24.3 Å². The fraction of sp³-hybridized carbons (Fsp3) is 0.611. The maximum absolute atomic E-state index is 12.6. The molecular formula is C18H28N2O2. The van der Waals surface area contributed by atoms with Crippen LogP contribution < -0.4 is 15.8 Å². The molecule has 0 heterocycles. The first-order valence-corrected chi connectivity index (χ1v) is 8.19. The summed E-state index contributed by atoms with van der Waals surface area (Å²) in [6, 6.07) is 8.10. The van der Waals surface area contributed by atoms with Gasteiger partial charge in [0.15, 0.2) is 0 Å². The first kappa shape index (κ1) is 16.8. The highest BCUT2D eigenvalue weighted by Gasteiger charge is 2.47. The summed E-state index contributed by atoms with van der Waals surface area (Å²) in [7, 11) is 1.70. The molecule has 2 rings (SSSR count). The van der Waals surface area contributed by atoms with E-state index in [9.17, 15) is 4.79 Å². The number of carbonyl (C=O) groups is 1. The van der Waals surface area contributed by atoms with Crippen molar-refractivity contribution >= 4 is 5.91 Å². The van der Waals surface area contributed by atoms with Crippen molar-refractivity contribution in [1.82, 2.24) is 5.32 Å². The minimum absolute atomic E-state index is 0.0318. The molecule has 1 fully saturated rings. The summed E-state index contributed by atoms with van der Waals surface area (Å²) in [4.78, 5) is 12.6. The molecule has 0 aromatic heterocycles. The quantitative estimate of drug-likeness (QED) is 0.776. The van der Waals surface area contributed by atoms with Gasteiger partial charge in [0.2, 0.25) is 5.91 Å². The SMILES string of the molecule is CCC(CC)(CN)C(=O)NCC1(c2ccccc2OC)CC1. The third kappa shape index (κ3) is 2.98. The Hall–Kier alpha value is -1.55. The Balaban J connectivity index is 2.09. The van der Waals surface area contributed by atoms with E-state index >= 15 is 0 Å². The molecule has 1 aliphatic carbocycles. The van der Waals surface area contributed by atoms with Crippen LogP contribution in [0.4, 0.5) is 0 Å². The van der Waals surface area contributed by atoms with Gasteiger partial charge >= 0.3 is 0 Å². The maximum atomic E-state index is 12.6. The van der Waals surface area contributed by atoms with Crippen LogP contribution in [0.25, 0.3) is 0 Å². The van der Waals surface area contributed by atoms with E-state index in [0.717, 1.165) is 31.4 Å². The number of benzene rings is 1. The van der Waals surface area contributed by atoms with E-state index in [2.05, 4.69) is 11.4 Å². The molecule has 0 bridgehead atoms. The summed E-state index contributed by atoms with van der Waals surface area (Å²) in [5.41, 5.74) is 6.66. The fourth-order valence-corrected chi connectivity index (χ4v) is 3.16. The van der Waals surface area contributed by atoms with Gasteiger partial charge in [-0.05, 0) is 31.7 Å². The third-order valence-electron chi connectivity index (χ3n) is 5.35. The van der Waals surface area contributed by atoms with E-state index in [4.69, 9.17) is 10.5 Å². The van der Waals surface area contributed by atoms with Crippen LogP contribution in [0.1, 0.15) is 45.1 Å². The molecule has 22 heavy (non-hydrogen) atoms. The Labute approximate surface area is 133 Å². The molecule has 3 N–H and O–H groups in total. The zero-order valence-corrected chi connectivity index (χ0v) is 13.9. The van der Waals surface area contributed by atoms with Crippen LogP contribution >= 0.6 is 0 Å². The Morgan fingerprint density at radius 3 is 2.45 bits per heavy atom. The Morgan fingerprint density at radius 2 is 1.95 bits per heavy atom. The first-order valence-electron chi connectivity index (χ1n) is 8.19. The van der Waals surface area contributed by atoms with Crippen molar-refractivity contribution in [3.05, 3.63) is 29.8 Å². The molecule has 0 unspecified atom stereocenters. The zero-order chi connectivity index (χ0) is 16.2. The number of nitrogens with one attached hydrogen (secondary N) is 1. The predicted molar refractivity (Wildman–Crippen MR) is 89.0 cm³/mol. The van der Waals surface area contributed by atoms with E-state index < -0.39 is 5.41 Å². The molecule has 1 amide bonds. The molecular weight excluding hydrogens is 276 g/mol. The van der Waals surface area contributed by atoms with Gasteiger partial charge in [-0.1, -0.05) is 32.0 Å². The van der Waals surface area contributed by atoms with Gasteiger partial charge in [-0.15, -0.1) is 0 Å². The normalized spacial score (nSPS) is 16.2. The summed E-state index contributed by atoms with van der Waals surface area (Å²) in [5, 5.41) is 3.15. The number of amides is 1. The smallest absolute Gasteiger partial charge is 0.227 e. The predicted octanol–water partition coefficient (Wildman–Crippen LogP) is 2.61. The number of methoxy groups -OCH3 is 1. The van der Waals surface area contributed by atoms with Gasteiger partial charge in [0, 0.05) is 24.1 Å². The second kappa shape index (κ2) is 6.69. The number of hydrogen-bond acceptors (Lipinski definition) is 3. The lowest BCUT2D eigenvalue weighted by atomic mass is 9.81. The lowest BCUT2D eigenvalue weighted by molar-refractivity contribution is -0.131. The van der Waals surface area contributed by atoms with Gasteiger partial charge in [-0.2, -0.15) is 0 Å². The van der Waals surface area contributed by atoms with Gasteiger partial charge in [0.25, 0.3) is 0 Å². The molecule has 0 atom stereocenters. The first-order chi connectivity index (χ1) is 10.6. The molecule has 1 aliphatic rings. The molecule has 1 saturated carbocycles. The number of hydrogen-bond donors (Lipinski definition) is 2. The second-order valence-electron chi connectivity index (χ2n) is 6.35. The summed E-state index contributed by atoms with van der Waals surface area (Å²) >= 11 is 0. The average Bonchev–Trinajstić information content (AvgIpc) is 3.36. The van der Waals surface area contributed by atoms with Gasteiger partial charge < -0.3 is 15.8 Å². The van der Waals surface area contributed by atoms with Crippen LogP contribution in [0.3, 0.4) is 0 Å². The minimum atomic E-state index is -0.434. The van der Waals surface area contributed by atoms with E-state index in [1.165, 1.54) is 5.56 Å². The highest BCUT2D eigenvalue weighted by atomic mass is 16.5. The Bertz CT molecular complexity index is 511. The van der Waals surface area contributed by atoms with Crippen molar-refractivity contribution in [1.29, 1.82) is 0 Å². The van der Waals surface area contributed by atoms with Crippen molar-refractivity contribution in [2.45, 2.75) is 44.9 Å². The number of ether oxygens (including phenoxy) is 1. The standard InChI is InChI=1S/C18H28N2O2/c1-4-17(5-2,12-19)16(21)20-13-18(10-11-18)14-8-6-7-9-15(14)22-3/h6-9H,4-5,10-13,19H2,1-3H3,(H,20,21). The monoisotopic (exact) mass is 304 g/mol. The lowest BCUT2D eigenvalue weighted by Gasteiger charge is -2.30. The van der Waals surface area contributed by atoms with E-state index in [0.29, 0.717) is 13.1 Å². The van der Waals surface area contributed by atoms with E-state index in [1.54, 1.807) is 7.11 Å². The summed E-state index contributed by atoms with van der Waals surface area (Å²) in [6.07, 6.45) is 3.71. The topological polar surface area (TPSA) is 64.4 Å². The van der Waals surface area contributed by atoms with E-state index in [-0.39, 0.29) is 11.3 Å². The van der Waals surface area contributed by atoms with Crippen molar-refractivity contribution in [2.24, 2.45) is 11.1 Å². The number of para-hydroxylation sites is 1. The minimum Gasteiger partial charge on any atom is -0.496 e.